The Labute approximate surface area is 94.8 Å². The third kappa shape index (κ3) is 2.41. The zero-order valence-electron chi connectivity index (χ0n) is 9.99. The number of hydrogen-bond donors (Lipinski definition) is 1. The highest BCUT2D eigenvalue weighted by Crippen LogP contribution is 2.24. The fourth-order valence-electron chi connectivity index (χ4n) is 1.65. The molecule has 0 saturated carbocycles. The lowest BCUT2D eigenvalue weighted by Gasteiger charge is -2.17. The molecule has 1 aliphatic rings. The minimum Gasteiger partial charge on any atom is -0.387 e. The van der Waals surface area contributed by atoms with Gasteiger partial charge in [-0.2, -0.15) is 4.98 Å². The van der Waals surface area contributed by atoms with E-state index in [1.54, 1.807) is 0 Å². The van der Waals surface area contributed by atoms with Crippen LogP contribution in [-0.2, 0) is 16.6 Å². The van der Waals surface area contributed by atoms with Gasteiger partial charge in [0.2, 0.25) is 5.89 Å². The quantitative estimate of drug-likeness (QED) is 0.816. The Morgan fingerprint density at radius 3 is 2.69 bits per heavy atom. The molecule has 0 bridgehead atoms. The van der Waals surface area contributed by atoms with Gasteiger partial charge >= 0.3 is 0 Å². The molecule has 0 aromatic carbocycles. The van der Waals surface area contributed by atoms with Crippen molar-refractivity contribution in [1.82, 2.24) is 10.1 Å². The van der Waals surface area contributed by atoms with Crippen LogP contribution in [0.2, 0.25) is 0 Å². The molecule has 2 heterocycles. The van der Waals surface area contributed by atoms with Crippen molar-refractivity contribution in [3.8, 4) is 0 Å². The lowest BCUT2D eigenvalue weighted by molar-refractivity contribution is 0.0207. The molecule has 1 N–H and O–H groups in total. The van der Waals surface area contributed by atoms with Crippen molar-refractivity contribution in [1.29, 1.82) is 0 Å². The lowest BCUT2D eigenvalue weighted by atomic mass is 9.96. The SMILES string of the molecule is CC(C)(C)c1noc(C[C@]2(O)CCOC2)n1. The number of aliphatic hydroxyl groups is 1. The predicted molar refractivity (Wildman–Crippen MR) is 57.1 cm³/mol. The monoisotopic (exact) mass is 226 g/mol. The van der Waals surface area contributed by atoms with Gasteiger partial charge in [-0.1, -0.05) is 25.9 Å². The first-order valence-corrected chi connectivity index (χ1v) is 5.52. The molecule has 1 fully saturated rings. The molecule has 1 aliphatic heterocycles. The van der Waals surface area contributed by atoms with E-state index in [9.17, 15) is 5.11 Å². The second-order valence-electron chi connectivity index (χ2n) is 5.47. The predicted octanol–water partition coefficient (Wildman–Crippen LogP) is 1.06. The molecule has 5 heteroatoms. The van der Waals surface area contributed by atoms with Gasteiger partial charge in [0.25, 0.3) is 0 Å². The molecule has 90 valence electrons. The van der Waals surface area contributed by atoms with E-state index in [1.807, 2.05) is 20.8 Å². The molecule has 2 rings (SSSR count). The Kier molecular flexibility index (Phi) is 2.75. The van der Waals surface area contributed by atoms with Gasteiger partial charge in [-0.3, -0.25) is 0 Å². The molecule has 0 radical (unpaired) electrons. The van der Waals surface area contributed by atoms with Crippen LogP contribution in [0.1, 0.15) is 38.9 Å². The van der Waals surface area contributed by atoms with Gasteiger partial charge in [0, 0.05) is 18.4 Å². The highest BCUT2D eigenvalue weighted by Gasteiger charge is 2.35. The summed E-state index contributed by atoms with van der Waals surface area (Å²) < 4.78 is 10.3. The maximum absolute atomic E-state index is 10.1. The first-order chi connectivity index (χ1) is 7.39. The summed E-state index contributed by atoms with van der Waals surface area (Å²) in [5.74, 6) is 1.16. The molecule has 1 saturated heterocycles. The standard InChI is InChI=1S/C11H18N2O3/c1-10(2,3)9-12-8(16-13-9)6-11(14)4-5-15-7-11/h14H,4-7H2,1-3H3/t11-/m1/s1. The van der Waals surface area contributed by atoms with Gasteiger partial charge in [-0.05, 0) is 0 Å². The van der Waals surface area contributed by atoms with Gasteiger partial charge < -0.3 is 14.4 Å². The minimum absolute atomic E-state index is 0.128. The Morgan fingerprint density at radius 1 is 1.44 bits per heavy atom. The van der Waals surface area contributed by atoms with E-state index in [-0.39, 0.29) is 5.41 Å². The van der Waals surface area contributed by atoms with E-state index in [4.69, 9.17) is 9.26 Å². The molecule has 0 amide bonds. The number of aromatic nitrogens is 2. The van der Waals surface area contributed by atoms with Crippen LogP contribution in [0, 0.1) is 0 Å². The summed E-state index contributed by atoms with van der Waals surface area (Å²) in [5, 5.41) is 14.0. The largest absolute Gasteiger partial charge is 0.387 e. The summed E-state index contributed by atoms with van der Waals surface area (Å²) in [4.78, 5) is 4.30. The fraction of sp³-hybridized carbons (Fsp3) is 0.818. The number of rotatable bonds is 2. The van der Waals surface area contributed by atoms with Crippen molar-refractivity contribution in [3.05, 3.63) is 11.7 Å². The second kappa shape index (κ2) is 3.82. The molecule has 0 aliphatic carbocycles. The molecule has 0 unspecified atom stereocenters. The van der Waals surface area contributed by atoms with Gasteiger partial charge in [-0.15, -0.1) is 0 Å². The zero-order chi connectivity index (χ0) is 11.8. The third-order valence-electron chi connectivity index (χ3n) is 2.70. The maximum Gasteiger partial charge on any atom is 0.229 e. The van der Waals surface area contributed by atoms with Gasteiger partial charge in [0.1, 0.15) is 0 Å². The lowest BCUT2D eigenvalue weighted by Crippen LogP contribution is -2.31. The highest BCUT2D eigenvalue weighted by atomic mass is 16.5. The van der Waals surface area contributed by atoms with E-state index >= 15 is 0 Å². The molecule has 0 spiro atoms. The van der Waals surface area contributed by atoms with Crippen LogP contribution in [0.15, 0.2) is 4.52 Å². The Morgan fingerprint density at radius 2 is 2.19 bits per heavy atom. The summed E-state index contributed by atoms with van der Waals surface area (Å²) in [6.45, 7) is 7.01. The van der Waals surface area contributed by atoms with Crippen molar-refractivity contribution in [2.24, 2.45) is 0 Å². The van der Waals surface area contributed by atoms with E-state index in [2.05, 4.69) is 10.1 Å². The number of hydrogen-bond acceptors (Lipinski definition) is 5. The Hall–Kier alpha value is -0.940. The van der Waals surface area contributed by atoms with Crippen LogP contribution in [0.4, 0.5) is 0 Å². The maximum atomic E-state index is 10.1. The highest BCUT2D eigenvalue weighted by molar-refractivity contribution is 5.02. The molecule has 1 aromatic rings. The Bertz CT molecular complexity index is 362. The number of nitrogens with zero attached hydrogens (tertiary/aromatic N) is 2. The van der Waals surface area contributed by atoms with E-state index in [1.165, 1.54) is 0 Å². The summed E-state index contributed by atoms with van der Waals surface area (Å²) in [6.07, 6.45) is 0.996. The molecule has 16 heavy (non-hydrogen) atoms. The van der Waals surface area contributed by atoms with Gasteiger partial charge in [0.05, 0.1) is 18.6 Å². The molecule has 1 atom stereocenters. The van der Waals surface area contributed by atoms with Crippen LogP contribution < -0.4 is 0 Å². The molecule has 5 nitrogen and oxygen atoms in total. The summed E-state index contributed by atoms with van der Waals surface area (Å²) >= 11 is 0. The van der Waals surface area contributed by atoms with Crippen LogP contribution in [0.3, 0.4) is 0 Å². The molecular formula is C11H18N2O3. The van der Waals surface area contributed by atoms with E-state index in [0.29, 0.717) is 37.8 Å². The molecule has 1 aromatic heterocycles. The second-order valence-corrected chi connectivity index (χ2v) is 5.47. The summed E-state index contributed by atoms with van der Waals surface area (Å²) in [6, 6.07) is 0. The van der Waals surface area contributed by atoms with Gasteiger partial charge in [-0.25, -0.2) is 0 Å². The van der Waals surface area contributed by atoms with Crippen molar-refractivity contribution in [2.75, 3.05) is 13.2 Å². The van der Waals surface area contributed by atoms with Crippen LogP contribution in [0.25, 0.3) is 0 Å². The average Bonchev–Trinajstić information content (AvgIpc) is 2.74. The zero-order valence-corrected chi connectivity index (χ0v) is 9.99. The summed E-state index contributed by atoms with van der Waals surface area (Å²) in [5.41, 5.74) is -0.960. The van der Waals surface area contributed by atoms with Crippen molar-refractivity contribution < 1.29 is 14.4 Å². The van der Waals surface area contributed by atoms with Gasteiger partial charge in [0.15, 0.2) is 5.82 Å². The first-order valence-electron chi connectivity index (χ1n) is 5.52. The van der Waals surface area contributed by atoms with Crippen molar-refractivity contribution in [2.45, 2.75) is 44.6 Å². The third-order valence-corrected chi connectivity index (χ3v) is 2.70. The van der Waals surface area contributed by atoms with Crippen molar-refractivity contribution >= 4 is 0 Å². The topological polar surface area (TPSA) is 68.4 Å². The molecular weight excluding hydrogens is 208 g/mol. The number of ether oxygens (including phenoxy) is 1. The van der Waals surface area contributed by atoms with E-state index in [0.717, 1.165) is 0 Å². The summed E-state index contributed by atoms with van der Waals surface area (Å²) in [7, 11) is 0. The van der Waals surface area contributed by atoms with E-state index < -0.39 is 5.60 Å². The van der Waals surface area contributed by atoms with Crippen LogP contribution in [0.5, 0.6) is 0 Å². The minimum atomic E-state index is -0.832. The fourth-order valence-corrected chi connectivity index (χ4v) is 1.65. The van der Waals surface area contributed by atoms with Crippen LogP contribution in [-0.4, -0.2) is 34.1 Å². The average molecular weight is 226 g/mol. The Balaban J connectivity index is 2.08. The van der Waals surface area contributed by atoms with Crippen molar-refractivity contribution in [3.63, 3.8) is 0 Å². The first kappa shape index (κ1) is 11.5. The smallest absolute Gasteiger partial charge is 0.229 e. The van der Waals surface area contributed by atoms with Crippen LogP contribution >= 0.6 is 0 Å². The normalized spacial score (nSPS) is 26.2.